The van der Waals surface area contributed by atoms with Crippen molar-refractivity contribution >= 4 is 5.97 Å². The van der Waals surface area contributed by atoms with Crippen LogP contribution in [0.25, 0.3) is 0 Å². The van der Waals surface area contributed by atoms with Crippen molar-refractivity contribution in [2.75, 3.05) is 0 Å². The zero-order chi connectivity index (χ0) is 12.4. The van der Waals surface area contributed by atoms with Crippen molar-refractivity contribution in [3.8, 4) is 0 Å². The van der Waals surface area contributed by atoms with E-state index in [4.69, 9.17) is 0 Å². The third-order valence-corrected chi connectivity index (χ3v) is 3.48. The standard InChI is InChI=1S/C14H28O2/c1-4-7-10-14(13(15)16,11-8-5-2)12-9-6-3/h4-12H2,1-3H3,(H,15,16). The van der Waals surface area contributed by atoms with Crippen molar-refractivity contribution in [3.05, 3.63) is 0 Å². The third-order valence-electron chi connectivity index (χ3n) is 3.48. The van der Waals surface area contributed by atoms with Crippen molar-refractivity contribution in [1.82, 2.24) is 0 Å². The number of carboxylic acids is 1. The lowest BCUT2D eigenvalue weighted by Crippen LogP contribution is -2.31. The summed E-state index contributed by atoms with van der Waals surface area (Å²) in [5.74, 6) is -0.567. The molecule has 0 aromatic heterocycles. The van der Waals surface area contributed by atoms with Gasteiger partial charge in [0.1, 0.15) is 0 Å². The Morgan fingerprint density at radius 1 is 0.875 bits per heavy atom. The molecule has 0 bridgehead atoms. The average Bonchev–Trinajstić information content (AvgIpc) is 2.28. The molecule has 0 amide bonds. The molecule has 0 radical (unpaired) electrons. The molecule has 0 unspecified atom stereocenters. The first kappa shape index (κ1) is 15.5. The molecule has 96 valence electrons. The normalized spacial score (nSPS) is 11.7. The summed E-state index contributed by atoms with van der Waals surface area (Å²) in [6.45, 7) is 6.39. The van der Waals surface area contributed by atoms with E-state index < -0.39 is 11.4 Å². The highest BCUT2D eigenvalue weighted by Gasteiger charge is 2.36. The molecule has 0 atom stereocenters. The molecule has 1 N–H and O–H groups in total. The van der Waals surface area contributed by atoms with E-state index in [9.17, 15) is 9.90 Å². The van der Waals surface area contributed by atoms with Gasteiger partial charge in [0.25, 0.3) is 0 Å². The molecule has 0 aromatic carbocycles. The largest absolute Gasteiger partial charge is 0.481 e. The number of unbranched alkanes of at least 4 members (excludes halogenated alkanes) is 3. The van der Waals surface area contributed by atoms with E-state index >= 15 is 0 Å². The fraction of sp³-hybridized carbons (Fsp3) is 0.929. The van der Waals surface area contributed by atoms with Crippen molar-refractivity contribution in [2.24, 2.45) is 5.41 Å². The molecule has 0 heterocycles. The first-order valence-corrected chi connectivity index (χ1v) is 6.86. The summed E-state index contributed by atoms with van der Waals surface area (Å²) in [5.41, 5.74) is -0.429. The number of aliphatic carboxylic acids is 1. The summed E-state index contributed by atoms with van der Waals surface area (Å²) in [4.78, 5) is 11.5. The van der Waals surface area contributed by atoms with Crippen LogP contribution >= 0.6 is 0 Å². The molecule has 0 aliphatic carbocycles. The maximum atomic E-state index is 11.5. The lowest BCUT2D eigenvalue weighted by Gasteiger charge is -2.29. The Hall–Kier alpha value is -0.530. The minimum Gasteiger partial charge on any atom is -0.481 e. The number of hydrogen-bond acceptors (Lipinski definition) is 1. The predicted molar refractivity (Wildman–Crippen MR) is 68.6 cm³/mol. The van der Waals surface area contributed by atoms with Gasteiger partial charge < -0.3 is 5.11 Å². The van der Waals surface area contributed by atoms with Gasteiger partial charge in [-0.15, -0.1) is 0 Å². The zero-order valence-electron chi connectivity index (χ0n) is 11.2. The van der Waals surface area contributed by atoms with Gasteiger partial charge >= 0.3 is 5.97 Å². The van der Waals surface area contributed by atoms with Gasteiger partial charge in [0.15, 0.2) is 0 Å². The smallest absolute Gasteiger partial charge is 0.309 e. The SMILES string of the molecule is CCCCC(CCCC)(CCCC)C(=O)O. The van der Waals surface area contributed by atoms with E-state index in [1.807, 2.05) is 0 Å². The number of rotatable bonds is 10. The van der Waals surface area contributed by atoms with Crippen LogP contribution in [0.1, 0.15) is 78.6 Å². The maximum absolute atomic E-state index is 11.5. The van der Waals surface area contributed by atoms with Gasteiger partial charge in [-0.2, -0.15) is 0 Å². The second-order valence-electron chi connectivity index (χ2n) is 4.90. The minimum atomic E-state index is -0.567. The van der Waals surface area contributed by atoms with Crippen LogP contribution in [-0.2, 0) is 4.79 Å². The van der Waals surface area contributed by atoms with E-state index in [1.54, 1.807) is 0 Å². The van der Waals surface area contributed by atoms with E-state index in [0.717, 1.165) is 57.8 Å². The summed E-state index contributed by atoms with van der Waals surface area (Å²) in [6.07, 6.45) is 8.98. The number of carboxylic acid groups (broad SMARTS) is 1. The molecule has 0 aliphatic rings. The minimum absolute atomic E-state index is 0.429. The van der Waals surface area contributed by atoms with E-state index in [0.29, 0.717) is 0 Å². The van der Waals surface area contributed by atoms with Crippen molar-refractivity contribution in [2.45, 2.75) is 78.6 Å². The van der Waals surface area contributed by atoms with Crippen LogP contribution in [0.3, 0.4) is 0 Å². The lowest BCUT2D eigenvalue weighted by molar-refractivity contribution is -0.150. The van der Waals surface area contributed by atoms with Gasteiger partial charge in [-0.25, -0.2) is 0 Å². The molecule has 0 fully saturated rings. The van der Waals surface area contributed by atoms with Crippen LogP contribution in [-0.4, -0.2) is 11.1 Å². The molecule has 2 heteroatoms. The highest BCUT2D eigenvalue weighted by Crippen LogP contribution is 2.36. The molecular weight excluding hydrogens is 200 g/mol. The van der Waals surface area contributed by atoms with E-state index in [1.165, 1.54) is 0 Å². The fourth-order valence-corrected chi connectivity index (χ4v) is 2.24. The summed E-state index contributed by atoms with van der Waals surface area (Å²) < 4.78 is 0. The quantitative estimate of drug-likeness (QED) is 0.592. The number of hydrogen-bond donors (Lipinski definition) is 1. The Labute approximate surface area is 100 Å². The molecule has 0 saturated heterocycles. The van der Waals surface area contributed by atoms with Crippen LogP contribution in [0, 0.1) is 5.41 Å². The Morgan fingerprint density at radius 2 is 1.19 bits per heavy atom. The van der Waals surface area contributed by atoms with Crippen LogP contribution in [0.15, 0.2) is 0 Å². The van der Waals surface area contributed by atoms with Crippen LogP contribution in [0.2, 0.25) is 0 Å². The molecule has 0 aliphatic heterocycles. The molecule has 0 saturated carbocycles. The summed E-state index contributed by atoms with van der Waals surface area (Å²) >= 11 is 0. The summed E-state index contributed by atoms with van der Waals surface area (Å²) in [5, 5.41) is 9.50. The molecule has 16 heavy (non-hydrogen) atoms. The molecule has 0 rings (SSSR count). The van der Waals surface area contributed by atoms with Crippen LogP contribution in [0.5, 0.6) is 0 Å². The summed E-state index contributed by atoms with van der Waals surface area (Å²) in [7, 11) is 0. The maximum Gasteiger partial charge on any atom is 0.309 e. The highest BCUT2D eigenvalue weighted by atomic mass is 16.4. The second kappa shape index (κ2) is 8.60. The van der Waals surface area contributed by atoms with E-state index in [-0.39, 0.29) is 0 Å². The van der Waals surface area contributed by atoms with Crippen LogP contribution < -0.4 is 0 Å². The van der Waals surface area contributed by atoms with Crippen molar-refractivity contribution in [3.63, 3.8) is 0 Å². The average molecular weight is 228 g/mol. The van der Waals surface area contributed by atoms with Gasteiger partial charge in [-0.1, -0.05) is 59.3 Å². The first-order chi connectivity index (χ1) is 7.63. The van der Waals surface area contributed by atoms with Gasteiger partial charge in [-0.3, -0.25) is 4.79 Å². The second-order valence-corrected chi connectivity index (χ2v) is 4.90. The summed E-state index contributed by atoms with van der Waals surface area (Å²) in [6, 6.07) is 0. The van der Waals surface area contributed by atoms with Gasteiger partial charge in [0.05, 0.1) is 5.41 Å². The molecule has 0 aromatic rings. The van der Waals surface area contributed by atoms with E-state index in [2.05, 4.69) is 20.8 Å². The van der Waals surface area contributed by atoms with Crippen molar-refractivity contribution < 1.29 is 9.90 Å². The Morgan fingerprint density at radius 3 is 1.38 bits per heavy atom. The third kappa shape index (κ3) is 5.00. The molecular formula is C14H28O2. The Kier molecular flexibility index (Phi) is 8.32. The molecule has 0 spiro atoms. The van der Waals surface area contributed by atoms with Crippen LogP contribution in [0.4, 0.5) is 0 Å². The highest BCUT2D eigenvalue weighted by molar-refractivity contribution is 5.74. The lowest BCUT2D eigenvalue weighted by atomic mass is 9.74. The van der Waals surface area contributed by atoms with Crippen molar-refractivity contribution in [1.29, 1.82) is 0 Å². The Balaban J connectivity index is 4.52. The number of carbonyl (C=O) groups is 1. The Bertz CT molecular complexity index is 165. The topological polar surface area (TPSA) is 37.3 Å². The van der Waals surface area contributed by atoms with Gasteiger partial charge in [0, 0.05) is 0 Å². The fourth-order valence-electron chi connectivity index (χ4n) is 2.24. The molecule has 2 nitrogen and oxygen atoms in total. The monoisotopic (exact) mass is 228 g/mol. The first-order valence-electron chi connectivity index (χ1n) is 6.86. The van der Waals surface area contributed by atoms with Gasteiger partial charge in [-0.05, 0) is 19.3 Å². The van der Waals surface area contributed by atoms with Gasteiger partial charge in [0.2, 0.25) is 0 Å². The predicted octanol–water partition coefficient (Wildman–Crippen LogP) is 4.63. The zero-order valence-corrected chi connectivity index (χ0v) is 11.2.